The van der Waals surface area contributed by atoms with Crippen LogP contribution in [0.1, 0.15) is 0 Å². The molecule has 0 aliphatic carbocycles. The number of hydrazone groups is 1. The number of hydrazine groups is 1. The lowest BCUT2D eigenvalue weighted by Gasteiger charge is -2.12. The van der Waals surface area contributed by atoms with Crippen molar-refractivity contribution in [1.29, 1.82) is 0 Å². The summed E-state index contributed by atoms with van der Waals surface area (Å²) in [5.41, 5.74) is 14.3. The highest BCUT2D eigenvalue weighted by Crippen LogP contribution is 1.99. The molecule has 0 aromatic carbocycles. The summed E-state index contributed by atoms with van der Waals surface area (Å²) in [6.45, 7) is 0. The summed E-state index contributed by atoms with van der Waals surface area (Å²) >= 11 is 0. The van der Waals surface area contributed by atoms with Crippen LogP contribution in [0.3, 0.4) is 0 Å². The summed E-state index contributed by atoms with van der Waals surface area (Å²) in [4.78, 5) is 21.3. The first-order valence-electron chi connectivity index (χ1n) is 3.01. The molecule has 0 unspecified atom stereocenters. The summed E-state index contributed by atoms with van der Waals surface area (Å²) in [6.07, 6.45) is 1.12. The topological polar surface area (TPSA) is 123 Å². The monoisotopic (exact) mass is 169 g/mol. The molecule has 1 aliphatic heterocycles. The molecule has 0 bridgehead atoms. The molecule has 1 aliphatic rings. The second-order valence-electron chi connectivity index (χ2n) is 2.01. The van der Waals surface area contributed by atoms with E-state index in [2.05, 4.69) is 16.1 Å². The number of carbonyl (C=O) groups excluding carboxylic acids is 2. The predicted octanol–water partition coefficient (Wildman–Crippen LogP) is -2.70. The van der Waals surface area contributed by atoms with E-state index < -0.39 is 11.8 Å². The van der Waals surface area contributed by atoms with Gasteiger partial charge in [0.1, 0.15) is 5.70 Å². The second-order valence-corrected chi connectivity index (χ2v) is 2.01. The van der Waals surface area contributed by atoms with Crippen LogP contribution in [-0.4, -0.2) is 18.0 Å². The van der Waals surface area contributed by atoms with Crippen molar-refractivity contribution in [1.82, 2.24) is 11.0 Å². The van der Waals surface area contributed by atoms with E-state index in [4.69, 9.17) is 11.5 Å². The molecule has 64 valence electrons. The number of rotatable bonds is 2. The molecule has 7 nitrogen and oxygen atoms in total. The fourth-order valence-corrected chi connectivity index (χ4v) is 0.698. The van der Waals surface area contributed by atoms with Gasteiger partial charge in [-0.25, -0.2) is 5.53 Å². The molecule has 2 amide bonds. The highest BCUT2D eigenvalue weighted by atomic mass is 16.2. The third-order valence-electron chi connectivity index (χ3n) is 1.22. The third kappa shape index (κ3) is 1.34. The Hall–Kier alpha value is -2.05. The molecule has 12 heavy (non-hydrogen) atoms. The zero-order valence-corrected chi connectivity index (χ0v) is 6.00. The number of nitrogens with zero attached hydrogens (tertiary/aromatic N) is 1. The van der Waals surface area contributed by atoms with Crippen LogP contribution < -0.4 is 22.4 Å². The molecule has 7 heteroatoms. The first-order valence-corrected chi connectivity index (χ1v) is 3.01. The van der Waals surface area contributed by atoms with Crippen LogP contribution in [0.25, 0.3) is 0 Å². The average Bonchev–Trinajstić information content (AvgIpc) is 2.04. The third-order valence-corrected chi connectivity index (χ3v) is 1.22. The van der Waals surface area contributed by atoms with Gasteiger partial charge in [-0.05, 0) is 0 Å². The molecule has 0 aromatic heterocycles. The van der Waals surface area contributed by atoms with E-state index in [1.807, 2.05) is 0 Å². The number of primary amides is 2. The predicted molar refractivity (Wildman–Crippen MR) is 40.2 cm³/mol. The van der Waals surface area contributed by atoms with Crippen molar-refractivity contribution in [3.8, 4) is 0 Å². The van der Waals surface area contributed by atoms with E-state index in [0.29, 0.717) is 0 Å². The van der Waals surface area contributed by atoms with Crippen LogP contribution in [0.5, 0.6) is 0 Å². The van der Waals surface area contributed by atoms with Crippen LogP contribution in [0, 0.1) is 0 Å². The SMILES string of the molecule is NC(=O)C1=C(C(N)=O)NNN=C1. The van der Waals surface area contributed by atoms with Gasteiger partial charge in [0.05, 0.1) is 11.8 Å². The van der Waals surface area contributed by atoms with Gasteiger partial charge in [-0.2, -0.15) is 5.10 Å². The van der Waals surface area contributed by atoms with Gasteiger partial charge in [0.25, 0.3) is 11.8 Å². The van der Waals surface area contributed by atoms with Gasteiger partial charge >= 0.3 is 0 Å². The minimum Gasteiger partial charge on any atom is -0.365 e. The first kappa shape index (κ1) is 8.05. The molecule has 1 heterocycles. The molecular weight excluding hydrogens is 162 g/mol. The van der Waals surface area contributed by atoms with Crippen molar-refractivity contribution in [2.75, 3.05) is 0 Å². The Morgan fingerprint density at radius 1 is 1.33 bits per heavy atom. The lowest BCUT2D eigenvalue weighted by molar-refractivity contribution is -0.117. The number of hydrogen-bond acceptors (Lipinski definition) is 5. The van der Waals surface area contributed by atoms with E-state index in [0.717, 1.165) is 6.21 Å². The van der Waals surface area contributed by atoms with E-state index in [9.17, 15) is 9.59 Å². The van der Waals surface area contributed by atoms with E-state index >= 15 is 0 Å². The van der Waals surface area contributed by atoms with Gasteiger partial charge in [0, 0.05) is 0 Å². The highest BCUT2D eigenvalue weighted by molar-refractivity contribution is 6.17. The minimum absolute atomic E-state index is 0.0405. The van der Waals surface area contributed by atoms with E-state index in [1.165, 1.54) is 0 Å². The normalized spacial score (nSPS) is 15.0. The highest BCUT2D eigenvalue weighted by Gasteiger charge is 2.17. The summed E-state index contributed by atoms with van der Waals surface area (Å²) in [6, 6.07) is 0. The van der Waals surface area contributed by atoms with Gasteiger partial charge in [-0.1, -0.05) is 0 Å². The number of amides is 2. The van der Waals surface area contributed by atoms with Crippen LogP contribution >= 0.6 is 0 Å². The van der Waals surface area contributed by atoms with Crippen LogP contribution in [0.15, 0.2) is 16.4 Å². The molecule has 0 radical (unpaired) electrons. The quantitative estimate of drug-likeness (QED) is 0.359. The molecule has 0 spiro atoms. The zero-order valence-electron chi connectivity index (χ0n) is 6.00. The van der Waals surface area contributed by atoms with Crippen molar-refractivity contribution in [2.45, 2.75) is 0 Å². The molecule has 0 aromatic rings. The smallest absolute Gasteiger partial charge is 0.267 e. The van der Waals surface area contributed by atoms with Gasteiger partial charge in [-0.15, -0.1) is 0 Å². The minimum atomic E-state index is -0.776. The van der Waals surface area contributed by atoms with Crippen molar-refractivity contribution in [3.63, 3.8) is 0 Å². The van der Waals surface area contributed by atoms with Gasteiger partial charge in [0.15, 0.2) is 0 Å². The first-order chi connectivity index (χ1) is 5.63. The van der Waals surface area contributed by atoms with Crippen molar-refractivity contribution in [3.05, 3.63) is 11.3 Å². The Morgan fingerprint density at radius 2 is 2.00 bits per heavy atom. The van der Waals surface area contributed by atoms with E-state index in [1.54, 1.807) is 0 Å². The fourth-order valence-electron chi connectivity index (χ4n) is 0.698. The zero-order chi connectivity index (χ0) is 9.14. The fraction of sp³-hybridized carbons (Fsp3) is 0. The van der Waals surface area contributed by atoms with E-state index in [-0.39, 0.29) is 11.3 Å². The van der Waals surface area contributed by atoms with Crippen LogP contribution in [0.4, 0.5) is 0 Å². The van der Waals surface area contributed by atoms with Gasteiger partial charge in [0.2, 0.25) is 0 Å². The molecule has 0 saturated heterocycles. The lowest BCUT2D eigenvalue weighted by Crippen LogP contribution is -2.40. The maximum Gasteiger partial charge on any atom is 0.267 e. The number of nitrogens with two attached hydrogens (primary N) is 2. The number of carbonyl (C=O) groups is 2. The van der Waals surface area contributed by atoms with Crippen molar-refractivity contribution >= 4 is 18.0 Å². The maximum absolute atomic E-state index is 10.7. The molecule has 0 fully saturated rings. The average molecular weight is 169 g/mol. The Labute approximate surface area is 67.4 Å². The van der Waals surface area contributed by atoms with Gasteiger partial charge < -0.3 is 11.5 Å². The summed E-state index contributed by atoms with van der Waals surface area (Å²) < 4.78 is 0. The molecule has 0 atom stereocenters. The largest absolute Gasteiger partial charge is 0.365 e. The molecular formula is C5H7N5O2. The Kier molecular flexibility index (Phi) is 1.95. The number of nitrogens with one attached hydrogen (secondary N) is 2. The second kappa shape index (κ2) is 2.91. The van der Waals surface area contributed by atoms with Crippen LogP contribution in [-0.2, 0) is 9.59 Å². The number of hydrogen-bond donors (Lipinski definition) is 4. The maximum atomic E-state index is 10.7. The summed E-state index contributed by atoms with van der Waals surface area (Å²) in [5.74, 6) is -1.54. The van der Waals surface area contributed by atoms with Crippen molar-refractivity contribution in [2.24, 2.45) is 16.6 Å². The Balaban J connectivity index is 3.08. The van der Waals surface area contributed by atoms with Crippen LogP contribution in [0.2, 0.25) is 0 Å². The van der Waals surface area contributed by atoms with Crippen molar-refractivity contribution < 1.29 is 9.59 Å². The summed E-state index contributed by atoms with van der Waals surface area (Å²) in [5, 5.41) is 3.46. The molecule has 1 rings (SSSR count). The Morgan fingerprint density at radius 3 is 2.42 bits per heavy atom. The Bertz CT molecular complexity index is 292. The molecule has 0 saturated carbocycles. The lowest BCUT2D eigenvalue weighted by atomic mass is 10.2. The standard InChI is InChI=1S/C5H7N5O2/c6-4(11)2-1-8-10-9-3(2)5(7)12/h1,9-10H,(H2,6,11)(H2,7,12). The van der Waals surface area contributed by atoms with Gasteiger partial charge in [-0.3, -0.25) is 15.0 Å². The summed E-state index contributed by atoms with van der Waals surface area (Å²) in [7, 11) is 0. The molecule has 6 N–H and O–H groups in total.